The fourth-order valence-corrected chi connectivity index (χ4v) is 2.77. The van der Waals surface area contributed by atoms with Crippen molar-refractivity contribution >= 4 is 5.91 Å². The first-order valence-corrected chi connectivity index (χ1v) is 6.47. The summed E-state index contributed by atoms with van der Waals surface area (Å²) >= 11 is 0. The van der Waals surface area contributed by atoms with Crippen molar-refractivity contribution in [2.45, 2.75) is 44.7 Å². The lowest BCUT2D eigenvalue weighted by molar-refractivity contribution is -0.119. The monoisotopic (exact) mass is 225 g/mol. The lowest BCUT2D eigenvalue weighted by atomic mass is 10.0. The highest BCUT2D eigenvalue weighted by Crippen LogP contribution is 2.13. The summed E-state index contributed by atoms with van der Waals surface area (Å²) in [6.07, 6.45) is 4.86. The molecule has 0 unspecified atom stereocenters. The molecule has 2 saturated heterocycles. The Balaban J connectivity index is 1.66. The molecule has 0 aromatic rings. The van der Waals surface area contributed by atoms with E-state index in [1.807, 2.05) is 0 Å². The Morgan fingerprint density at radius 3 is 2.69 bits per heavy atom. The third kappa shape index (κ3) is 3.46. The molecule has 2 fully saturated rings. The first kappa shape index (κ1) is 11.9. The third-order valence-corrected chi connectivity index (χ3v) is 3.64. The highest BCUT2D eigenvalue weighted by Gasteiger charge is 2.23. The van der Waals surface area contributed by atoms with Crippen LogP contribution in [-0.4, -0.2) is 49.1 Å². The lowest BCUT2D eigenvalue weighted by Crippen LogP contribution is -2.47. The van der Waals surface area contributed by atoms with Crippen molar-refractivity contribution < 1.29 is 4.79 Å². The van der Waals surface area contributed by atoms with Crippen LogP contribution < -0.4 is 10.6 Å². The summed E-state index contributed by atoms with van der Waals surface area (Å²) in [5, 5.41) is 6.55. The van der Waals surface area contributed by atoms with Crippen molar-refractivity contribution in [2.24, 2.45) is 0 Å². The van der Waals surface area contributed by atoms with Gasteiger partial charge in [-0.25, -0.2) is 0 Å². The van der Waals surface area contributed by atoms with E-state index in [0.717, 1.165) is 25.9 Å². The van der Waals surface area contributed by atoms with Crippen LogP contribution in [0.3, 0.4) is 0 Å². The Morgan fingerprint density at radius 1 is 1.38 bits per heavy atom. The zero-order chi connectivity index (χ0) is 11.4. The van der Waals surface area contributed by atoms with Crippen LogP contribution in [0, 0.1) is 0 Å². The Kier molecular flexibility index (Phi) is 4.18. The number of hydrogen-bond acceptors (Lipinski definition) is 3. The summed E-state index contributed by atoms with van der Waals surface area (Å²) in [5.74, 6) is 0.107. The van der Waals surface area contributed by atoms with E-state index >= 15 is 0 Å². The number of nitrogens with zero attached hydrogens (tertiary/aromatic N) is 1. The van der Waals surface area contributed by atoms with Gasteiger partial charge in [0.15, 0.2) is 0 Å². The molecule has 0 aromatic carbocycles. The van der Waals surface area contributed by atoms with Gasteiger partial charge >= 0.3 is 0 Å². The molecule has 0 spiro atoms. The van der Waals surface area contributed by atoms with Gasteiger partial charge in [0.25, 0.3) is 0 Å². The molecule has 0 aliphatic carbocycles. The zero-order valence-corrected chi connectivity index (χ0v) is 10.2. The Morgan fingerprint density at radius 2 is 2.12 bits per heavy atom. The molecule has 2 aliphatic heterocycles. The summed E-state index contributed by atoms with van der Waals surface area (Å²) < 4.78 is 0. The number of hydrogen-bond donors (Lipinski definition) is 2. The molecule has 2 aliphatic rings. The van der Waals surface area contributed by atoms with Gasteiger partial charge in [0.1, 0.15) is 0 Å². The second-order valence-electron chi connectivity index (χ2n) is 5.07. The third-order valence-electron chi connectivity index (χ3n) is 3.64. The summed E-state index contributed by atoms with van der Waals surface area (Å²) in [7, 11) is 0. The highest BCUT2D eigenvalue weighted by molar-refractivity contribution is 5.73. The average molecular weight is 225 g/mol. The molecular formula is C12H23N3O. The zero-order valence-electron chi connectivity index (χ0n) is 10.2. The molecule has 0 aromatic heterocycles. The normalized spacial score (nSPS) is 28.2. The average Bonchev–Trinajstić information content (AvgIpc) is 2.73. The van der Waals surface area contributed by atoms with Crippen molar-refractivity contribution in [3.8, 4) is 0 Å². The van der Waals surface area contributed by atoms with Gasteiger partial charge in [-0.1, -0.05) is 0 Å². The molecule has 2 N–H and O–H groups in total. The Bertz CT molecular complexity index is 230. The predicted molar refractivity (Wildman–Crippen MR) is 64.3 cm³/mol. The minimum absolute atomic E-state index is 0.107. The van der Waals surface area contributed by atoms with Crippen LogP contribution in [0.15, 0.2) is 0 Å². The van der Waals surface area contributed by atoms with Crippen LogP contribution in [-0.2, 0) is 4.79 Å². The number of rotatable bonds is 3. The van der Waals surface area contributed by atoms with E-state index in [4.69, 9.17) is 0 Å². The Hall–Kier alpha value is -0.610. The van der Waals surface area contributed by atoms with Gasteiger partial charge in [-0.15, -0.1) is 0 Å². The smallest absolute Gasteiger partial charge is 0.217 e. The van der Waals surface area contributed by atoms with Crippen LogP contribution in [0.25, 0.3) is 0 Å². The SMILES string of the molecule is CC(=O)NC1CCN(C[C@H]2CCCN2)CC1. The molecule has 1 amide bonds. The van der Waals surface area contributed by atoms with Gasteiger partial charge in [0, 0.05) is 38.6 Å². The first-order chi connectivity index (χ1) is 7.74. The van der Waals surface area contributed by atoms with E-state index in [1.54, 1.807) is 6.92 Å². The van der Waals surface area contributed by atoms with Gasteiger partial charge < -0.3 is 15.5 Å². The van der Waals surface area contributed by atoms with Crippen LogP contribution in [0.4, 0.5) is 0 Å². The maximum absolute atomic E-state index is 10.9. The number of amides is 1. The van der Waals surface area contributed by atoms with Crippen molar-refractivity contribution in [2.75, 3.05) is 26.2 Å². The van der Waals surface area contributed by atoms with Gasteiger partial charge in [0.2, 0.25) is 5.91 Å². The van der Waals surface area contributed by atoms with Crippen LogP contribution >= 0.6 is 0 Å². The van der Waals surface area contributed by atoms with Gasteiger partial charge in [0.05, 0.1) is 0 Å². The molecule has 1 atom stereocenters. The van der Waals surface area contributed by atoms with E-state index in [2.05, 4.69) is 15.5 Å². The Labute approximate surface area is 97.8 Å². The minimum Gasteiger partial charge on any atom is -0.354 e. The molecule has 2 heterocycles. The maximum Gasteiger partial charge on any atom is 0.217 e. The molecule has 4 heteroatoms. The van der Waals surface area contributed by atoms with Crippen LogP contribution in [0.2, 0.25) is 0 Å². The molecule has 2 rings (SSSR count). The fraction of sp³-hybridized carbons (Fsp3) is 0.917. The van der Waals surface area contributed by atoms with Gasteiger partial charge in [-0.05, 0) is 32.2 Å². The second kappa shape index (κ2) is 5.64. The van der Waals surface area contributed by atoms with Crippen molar-refractivity contribution in [1.82, 2.24) is 15.5 Å². The summed E-state index contributed by atoms with van der Waals surface area (Å²) in [6, 6.07) is 1.11. The highest BCUT2D eigenvalue weighted by atomic mass is 16.1. The van der Waals surface area contributed by atoms with E-state index in [-0.39, 0.29) is 5.91 Å². The van der Waals surface area contributed by atoms with E-state index in [0.29, 0.717) is 12.1 Å². The molecule has 16 heavy (non-hydrogen) atoms. The van der Waals surface area contributed by atoms with E-state index in [1.165, 1.54) is 25.9 Å². The number of carbonyl (C=O) groups is 1. The largest absolute Gasteiger partial charge is 0.354 e. The van der Waals surface area contributed by atoms with Crippen molar-refractivity contribution in [3.05, 3.63) is 0 Å². The molecule has 0 saturated carbocycles. The van der Waals surface area contributed by atoms with Crippen molar-refractivity contribution in [1.29, 1.82) is 0 Å². The fourth-order valence-electron chi connectivity index (χ4n) is 2.77. The molecule has 92 valence electrons. The maximum atomic E-state index is 10.9. The standard InChI is InChI=1S/C12H23N3O/c1-10(16)14-11-4-7-15(8-5-11)9-12-3-2-6-13-12/h11-13H,2-9H2,1H3,(H,14,16)/t12-/m1/s1. The predicted octanol–water partition coefficient (Wildman–Crippen LogP) is 0.339. The van der Waals surface area contributed by atoms with Gasteiger partial charge in [-0.2, -0.15) is 0 Å². The number of piperidine rings is 1. The second-order valence-corrected chi connectivity index (χ2v) is 5.07. The topological polar surface area (TPSA) is 44.4 Å². The molecule has 4 nitrogen and oxygen atoms in total. The summed E-state index contributed by atoms with van der Waals surface area (Å²) in [6.45, 7) is 6.24. The quantitative estimate of drug-likeness (QED) is 0.728. The number of carbonyl (C=O) groups excluding carboxylic acids is 1. The molecule has 0 radical (unpaired) electrons. The summed E-state index contributed by atoms with van der Waals surface area (Å²) in [5.41, 5.74) is 0. The number of likely N-dealkylation sites (tertiary alicyclic amines) is 1. The van der Waals surface area contributed by atoms with Crippen molar-refractivity contribution in [3.63, 3.8) is 0 Å². The number of nitrogens with one attached hydrogen (secondary N) is 2. The van der Waals surface area contributed by atoms with E-state index < -0.39 is 0 Å². The van der Waals surface area contributed by atoms with Gasteiger partial charge in [-0.3, -0.25) is 4.79 Å². The molecule has 0 bridgehead atoms. The summed E-state index contributed by atoms with van der Waals surface area (Å²) in [4.78, 5) is 13.5. The first-order valence-electron chi connectivity index (χ1n) is 6.47. The minimum atomic E-state index is 0.107. The lowest BCUT2D eigenvalue weighted by Gasteiger charge is -2.33. The van der Waals surface area contributed by atoms with E-state index in [9.17, 15) is 4.79 Å². The van der Waals surface area contributed by atoms with Crippen LogP contribution in [0.5, 0.6) is 0 Å². The molecular weight excluding hydrogens is 202 g/mol. The van der Waals surface area contributed by atoms with Crippen LogP contribution in [0.1, 0.15) is 32.6 Å².